The number of aromatic nitrogens is 2. The Morgan fingerprint density at radius 1 is 1.16 bits per heavy atom. The average Bonchev–Trinajstić information content (AvgIpc) is 2.70. The average molecular weight is 257 g/mol. The summed E-state index contributed by atoms with van der Waals surface area (Å²) < 4.78 is 2.10. The molecule has 1 aromatic carbocycles. The SMILES string of the molecule is CCNc1nc(C)cn1-c1ccc(C(C)(C)C)cc1. The van der Waals surface area contributed by atoms with Crippen LogP contribution in [0.4, 0.5) is 5.95 Å². The molecule has 0 aliphatic heterocycles. The van der Waals surface area contributed by atoms with Gasteiger partial charge in [0.1, 0.15) is 0 Å². The van der Waals surface area contributed by atoms with Crippen LogP contribution in [0.5, 0.6) is 0 Å². The van der Waals surface area contributed by atoms with Gasteiger partial charge < -0.3 is 5.32 Å². The third-order valence-electron chi connectivity index (χ3n) is 3.17. The predicted octanol–water partition coefficient (Wildman–Crippen LogP) is 3.91. The molecule has 0 unspecified atom stereocenters. The van der Waals surface area contributed by atoms with E-state index in [0.29, 0.717) is 0 Å². The fourth-order valence-corrected chi connectivity index (χ4v) is 2.10. The summed E-state index contributed by atoms with van der Waals surface area (Å²) in [5, 5.41) is 3.29. The van der Waals surface area contributed by atoms with Crippen LogP contribution in [0.25, 0.3) is 5.69 Å². The smallest absolute Gasteiger partial charge is 0.207 e. The lowest BCUT2D eigenvalue weighted by atomic mass is 9.87. The zero-order valence-corrected chi connectivity index (χ0v) is 12.5. The van der Waals surface area contributed by atoms with Crippen molar-refractivity contribution in [3.63, 3.8) is 0 Å². The van der Waals surface area contributed by atoms with E-state index in [1.807, 2.05) is 6.92 Å². The third kappa shape index (κ3) is 2.98. The van der Waals surface area contributed by atoms with Gasteiger partial charge in [-0.2, -0.15) is 0 Å². The van der Waals surface area contributed by atoms with E-state index in [9.17, 15) is 0 Å². The quantitative estimate of drug-likeness (QED) is 0.903. The Kier molecular flexibility index (Phi) is 3.65. The molecule has 0 radical (unpaired) electrons. The van der Waals surface area contributed by atoms with Crippen molar-refractivity contribution in [1.29, 1.82) is 0 Å². The van der Waals surface area contributed by atoms with Gasteiger partial charge in [0, 0.05) is 18.4 Å². The minimum absolute atomic E-state index is 0.188. The van der Waals surface area contributed by atoms with Crippen molar-refractivity contribution in [3.8, 4) is 5.69 Å². The number of hydrogen-bond acceptors (Lipinski definition) is 2. The summed E-state index contributed by atoms with van der Waals surface area (Å²) in [5.74, 6) is 0.906. The molecule has 1 N–H and O–H groups in total. The number of anilines is 1. The summed E-state index contributed by atoms with van der Waals surface area (Å²) >= 11 is 0. The molecule has 0 spiro atoms. The first-order valence-electron chi connectivity index (χ1n) is 6.82. The number of hydrogen-bond donors (Lipinski definition) is 1. The number of nitrogens with one attached hydrogen (secondary N) is 1. The maximum atomic E-state index is 4.50. The lowest BCUT2D eigenvalue weighted by Gasteiger charge is -2.19. The third-order valence-corrected chi connectivity index (χ3v) is 3.17. The van der Waals surface area contributed by atoms with Gasteiger partial charge in [-0.1, -0.05) is 32.9 Å². The van der Waals surface area contributed by atoms with Gasteiger partial charge in [-0.15, -0.1) is 0 Å². The predicted molar refractivity (Wildman–Crippen MR) is 81.2 cm³/mol. The molecule has 19 heavy (non-hydrogen) atoms. The van der Waals surface area contributed by atoms with Gasteiger partial charge in [0.05, 0.1) is 5.69 Å². The summed E-state index contributed by atoms with van der Waals surface area (Å²) in [7, 11) is 0. The highest BCUT2D eigenvalue weighted by Gasteiger charge is 2.13. The highest BCUT2D eigenvalue weighted by Crippen LogP contribution is 2.24. The molecule has 2 rings (SSSR count). The Labute approximate surface area is 115 Å². The highest BCUT2D eigenvalue weighted by atomic mass is 15.2. The Bertz CT molecular complexity index is 544. The number of rotatable bonds is 3. The molecule has 3 heteroatoms. The first-order chi connectivity index (χ1) is 8.91. The maximum absolute atomic E-state index is 4.50. The molecular weight excluding hydrogens is 234 g/mol. The highest BCUT2D eigenvalue weighted by molar-refractivity contribution is 5.44. The van der Waals surface area contributed by atoms with Gasteiger partial charge in [-0.25, -0.2) is 4.98 Å². The van der Waals surface area contributed by atoms with E-state index in [-0.39, 0.29) is 5.41 Å². The summed E-state index contributed by atoms with van der Waals surface area (Å²) in [5.41, 5.74) is 3.70. The zero-order valence-electron chi connectivity index (χ0n) is 12.5. The zero-order chi connectivity index (χ0) is 14.0. The number of imidazole rings is 1. The molecule has 3 nitrogen and oxygen atoms in total. The second-order valence-corrected chi connectivity index (χ2v) is 5.90. The fourth-order valence-electron chi connectivity index (χ4n) is 2.10. The van der Waals surface area contributed by atoms with E-state index in [4.69, 9.17) is 0 Å². The Balaban J connectivity index is 2.37. The number of nitrogens with zero attached hydrogens (tertiary/aromatic N) is 2. The lowest BCUT2D eigenvalue weighted by Crippen LogP contribution is -2.11. The van der Waals surface area contributed by atoms with E-state index >= 15 is 0 Å². The molecule has 0 saturated carbocycles. The van der Waals surface area contributed by atoms with Crippen LogP contribution in [-0.2, 0) is 5.41 Å². The second-order valence-electron chi connectivity index (χ2n) is 5.90. The minimum atomic E-state index is 0.188. The molecule has 1 heterocycles. The van der Waals surface area contributed by atoms with Crippen LogP contribution in [0.1, 0.15) is 39.0 Å². The molecule has 0 fully saturated rings. The summed E-state index contributed by atoms with van der Waals surface area (Å²) in [4.78, 5) is 4.50. The van der Waals surface area contributed by atoms with Crippen LogP contribution < -0.4 is 5.32 Å². The molecule has 0 saturated heterocycles. The monoisotopic (exact) mass is 257 g/mol. The van der Waals surface area contributed by atoms with Gasteiger partial charge in [0.2, 0.25) is 5.95 Å². The first kappa shape index (κ1) is 13.7. The molecule has 0 amide bonds. The lowest BCUT2D eigenvalue weighted by molar-refractivity contribution is 0.590. The van der Waals surface area contributed by atoms with Crippen molar-refractivity contribution in [1.82, 2.24) is 9.55 Å². The number of aryl methyl sites for hydroxylation is 1. The molecule has 0 atom stereocenters. The van der Waals surface area contributed by atoms with Crippen LogP contribution in [0, 0.1) is 6.92 Å². The summed E-state index contributed by atoms with van der Waals surface area (Å²) in [6.07, 6.45) is 2.06. The van der Waals surface area contributed by atoms with E-state index in [1.54, 1.807) is 0 Å². The molecule has 102 valence electrons. The summed E-state index contributed by atoms with van der Waals surface area (Å²) in [6, 6.07) is 8.70. The summed E-state index contributed by atoms with van der Waals surface area (Å²) in [6.45, 7) is 11.7. The normalized spacial score (nSPS) is 11.6. The fraction of sp³-hybridized carbons (Fsp3) is 0.438. The van der Waals surface area contributed by atoms with E-state index in [0.717, 1.165) is 23.9 Å². The Hall–Kier alpha value is -1.77. The molecule has 0 aliphatic rings. The van der Waals surface area contributed by atoms with E-state index in [2.05, 4.69) is 73.0 Å². The Morgan fingerprint density at radius 3 is 2.32 bits per heavy atom. The number of benzene rings is 1. The van der Waals surface area contributed by atoms with Crippen molar-refractivity contribution >= 4 is 5.95 Å². The van der Waals surface area contributed by atoms with E-state index in [1.165, 1.54) is 5.56 Å². The van der Waals surface area contributed by atoms with Gasteiger partial charge >= 0.3 is 0 Å². The van der Waals surface area contributed by atoms with Gasteiger partial charge in [-0.3, -0.25) is 4.57 Å². The minimum Gasteiger partial charge on any atom is -0.356 e. The van der Waals surface area contributed by atoms with Crippen LogP contribution >= 0.6 is 0 Å². The second kappa shape index (κ2) is 5.08. The molecular formula is C16H23N3. The van der Waals surface area contributed by atoms with Crippen LogP contribution in [0.15, 0.2) is 30.5 Å². The van der Waals surface area contributed by atoms with Crippen LogP contribution in [-0.4, -0.2) is 16.1 Å². The Morgan fingerprint density at radius 2 is 1.79 bits per heavy atom. The first-order valence-corrected chi connectivity index (χ1v) is 6.82. The van der Waals surface area contributed by atoms with Crippen molar-refractivity contribution < 1.29 is 0 Å². The molecule has 2 aromatic rings. The van der Waals surface area contributed by atoms with Crippen molar-refractivity contribution in [2.24, 2.45) is 0 Å². The van der Waals surface area contributed by atoms with Crippen molar-refractivity contribution in [3.05, 3.63) is 41.7 Å². The molecule has 0 aliphatic carbocycles. The van der Waals surface area contributed by atoms with Gasteiger partial charge in [0.15, 0.2) is 0 Å². The molecule has 0 bridgehead atoms. The topological polar surface area (TPSA) is 29.9 Å². The standard InChI is InChI=1S/C16H23N3/c1-6-17-15-18-12(2)11-19(15)14-9-7-13(8-10-14)16(3,4)5/h7-11H,6H2,1-5H3,(H,17,18). The van der Waals surface area contributed by atoms with Crippen LogP contribution in [0.2, 0.25) is 0 Å². The largest absolute Gasteiger partial charge is 0.356 e. The van der Waals surface area contributed by atoms with Gasteiger partial charge in [-0.05, 0) is 37.0 Å². The van der Waals surface area contributed by atoms with Crippen molar-refractivity contribution in [2.45, 2.75) is 40.0 Å². The van der Waals surface area contributed by atoms with Crippen LogP contribution in [0.3, 0.4) is 0 Å². The van der Waals surface area contributed by atoms with Crippen molar-refractivity contribution in [2.75, 3.05) is 11.9 Å². The maximum Gasteiger partial charge on any atom is 0.207 e. The van der Waals surface area contributed by atoms with E-state index < -0.39 is 0 Å². The molecule has 1 aromatic heterocycles. The van der Waals surface area contributed by atoms with Gasteiger partial charge in [0.25, 0.3) is 0 Å².